The number of aromatic nitrogens is 2. The molecule has 11 nitrogen and oxygen atoms in total. The standard InChI is InChI=1S/C49H55Cl4N5O6S.C2H6/c1-10-33-24-37(25-34(28-54)45(33)61-22-20-50)48(4,35-12-16-40(17-13-35)63-29-39(11-2)57-32(3)65(8,9)59)49(5,38-26-42(52)46(43(53)27-38)62-23-21-51)36-14-18-41(19-15-36)64-30-44-47(56-31-55-44)58(6)60-7;1-2/h11-19,24-27,31,57H,3,8,10,20-23,29-30H2,1-2,4-7,9H3,(H,55,56);1-2H3/b39-11-;. The molecule has 0 saturated heterocycles. The monoisotopic (exact) mass is 1010 g/mol. The van der Waals surface area contributed by atoms with Crippen molar-refractivity contribution < 1.29 is 28.0 Å². The fourth-order valence-electron chi connectivity index (χ4n) is 7.59. The smallest absolute Gasteiger partial charge is 0.176 e. The van der Waals surface area contributed by atoms with Gasteiger partial charge in [0.1, 0.15) is 49.7 Å². The van der Waals surface area contributed by atoms with Crippen molar-refractivity contribution in [2.45, 2.75) is 65.4 Å². The lowest BCUT2D eigenvalue weighted by Crippen LogP contribution is -2.47. The van der Waals surface area contributed by atoms with Gasteiger partial charge in [-0.05, 0) is 89.5 Å². The molecule has 0 radical (unpaired) electrons. The quantitative estimate of drug-likeness (QED) is 0.0370. The maximum Gasteiger partial charge on any atom is 0.176 e. The van der Waals surface area contributed by atoms with Crippen molar-refractivity contribution in [3.8, 4) is 29.1 Å². The number of nitriles is 1. The van der Waals surface area contributed by atoms with Crippen LogP contribution in [0.1, 0.15) is 80.6 Å². The zero-order valence-corrected chi connectivity index (χ0v) is 43.5. The first-order valence-corrected chi connectivity index (χ1v) is 25.6. The molecule has 0 aliphatic carbocycles. The highest BCUT2D eigenvalue weighted by molar-refractivity contribution is 8.03. The Morgan fingerprint density at radius 2 is 1.40 bits per heavy atom. The number of hydrogen-bond donors (Lipinski definition) is 2. The predicted molar refractivity (Wildman–Crippen MR) is 278 cm³/mol. The van der Waals surface area contributed by atoms with E-state index in [0.29, 0.717) is 61.6 Å². The number of hydroxylamine groups is 1. The second-order valence-electron chi connectivity index (χ2n) is 15.4. The van der Waals surface area contributed by atoms with E-state index in [1.807, 2.05) is 101 Å². The van der Waals surface area contributed by atoms with Crippen LogP contribution in [0.3, 0.4) is 0 Å². The molecular formula is C51H61Cl4N5O6S. The van der Waals surface area contributed by atoms with Crippen molar-refractivity contribution in [1.82, 2.24) is 15.3 Å². The third-order valence-electron chi connectivity index (χ3n) is 11.5. The van der Waals surface area contributed by atoms with E-state index in [1.54, 1.807) is 25.5 Å². The van der Waals surface area contributed by atoms with Gasteiger partial charge in [-0.2, -0.15) is 5.26 Å². The van der Waals surface area contributed by atoms with Gasteiger partial charge in [0.15, 0.2) is 11.6 Å². The molecule has 16 heteroatoms. The molecule has 0 aliphatic rings. The van der Waals surface area contributed by atoms with E-state index in [1.165, 1.54) is 6.26 Å². The maximum atomic E-state index is 12.5. The highest BCUT2D eigenvalue weighted by Gasteiger charge is 2.50. The van der Waals surface area contributed by atoms with Crippen molar-refractivity contribution in [1.29, 1.82) is 5.26 Å². The Morgan fingerprint density at radius 1 is 0.881 bits per heavy atom. The number of H-pyrrole nitrogens is 1. The molecule has 0 saturated carbocycles. The average Bonchev–Trinajstić information content (AvgIpc) is 3.82. The number of benzene rings is 4. The summed E-state index contributed by atoms with van der Waals surface area (Å²) >= 11 is 26.2. The molecule has 0 amide bonds. The Kier molecular flexibility index (Phi) is 20.3. The van der Waals surface area contributed by atoms with Gasteiger partial charge >= 0.3 is 0 Å². The summed E-state index contributed by atoms with van der Waals surface area (Å²) in [6.07, 6.45) is 5.52. The first-order valence-electron chi connectivity index (χ1n) is 21.6. The van der Waals surface area contributed by atoms with E-state index in [9.17, 15) is 9.47 Å². The van der Waals surface area contributed by atoms with Crippen molar-refractivity contribution in [2.24, 2.45) is 0 Å². The molecule has 5 rings (SSSR count). The fourth-order valence-corrected chi connectivity index (χ4v) is 8.69. The Bertz CT molecular complexity index is 2610. The highest BCUT2D eigenvalue weighted by Crippen LogP contribution is 2.55. The van der Waals surface area contributed by atoms with Crippen LogP contribution < -0.4 is 29.3 Å². The average molecular weight is 1010 g/mol. The molecule has 0 aliphatic heterocycles. The van der Waals surface area contributed by atoms with Crippen LogP contribution in [-0.4, -0.2) is 72.0 Å². The first kappa shape index (κ1) is 54.6. The molecule has 1 aromatic heterocycles. The molecule has 0 fully saturated rings. The Hall–Kier alpha value is -5.00. The zero-order chi connectivity index (χ0) is 49.5. The van der Waals surface area contributed by atoms with E-state index >= 15 is 0 Å². The SMILES string of the molecule is C=C(N/C(=C\C)COc1ccc(C(C)(c2cc(C#N)c(OCCCl)c(CC)c2)C(C)(c2ccc(OCc3[nH]cnc3N(C)OC)cc2)c2cc(Cl)c(OCCCl)c(Cl)c2)cc1)S(=C)(C)=O.CC. The number of rotatable bonds is 23. The van der Waals surface area contributed by atoms with Gasteiger partial charge in [0.05, 0.1) is 51.5 Å². The van der Waals surface area contributed by atoms with Crippen molar-refractivity contribution in [3.05, 3.63) is 152 Å². The van der Waals surface area contributed by atoms with E-state index in [4.69, 9.17) is 70.2 Å². The maximum absolute atomic E-state index is 12.5. The lowest BCUT2D eigenvalue weighted by atomic mass is 9.53. The third kappa shape index (κ3) is 12.6. The molecule has 4 aromatic carbocycles. The largest absolute Gasteiger partial charge is 0.491 e. The van der Waals surface area contributed by atoms with Gasteiger partial charge in [-0.3, -0.25) is 9.05 Å². The minimum absolute atomic E-state index is 0.156. The number of alkyl halides is 2. The van der Waals surface area contributed by atoms with Crippen LogP contribution in [0.15, 0.2) is 103 Å². The van der Waals surface area contributed by atoms with Crippen molar-refractivity contribution in [2.75, 3.05) is 57.1 Å². The van der Waals surface area contributed by atoms with Crippen LogP contribution in [0.25, 0.3) is 0 Å². The number of hydrogen-bond acceptors (Lipinski definition) is 10. The second-order valence-corrected chi connectivity index (χ2v) is 19.5. The van der Waals surface area contributed by atoms with Crippen LogP contribution in [0.2, 0.25) is 10.0 Å². The summed E-state index contributed by atoms with van der Waals surface area (Å²) in [5.74, 6) is 6.83. The zero-order valence-electron chi connectivity index (χ0n) is 39.7. The lowest BCUT2D eigenvalue weighted by Gasteiger charge is -2.49. The summed E-state index contributed by atoms with van der Waals surface area (Å²) in [5, 5.41) is 16.2. The van der Waals surface area contributed by atoms with E-state index in [2.05, 4.69) is 53.7 Å². The summed E-state index contributed by atoms with van der Waals surface area (Å²) in [6.45, 7) is 16.8. The van der Waals surface area contributed by atoms with E-state index in [0.717, 1.165) is 33.5 Å². The molecular weight excluding hydrogens is 952 g/mol. The van der Waals surface area contributed by atoms with Gasteiger partial charge in [-0.1, -0.05) is 101 Å². The number of anilines is 1. The number of nitrogens with zero attached hydrogens (tertiary/aromatic N) is 3. The number of imidazole rings is 1. The third-order valence-corrected chi connectivity index (χ3v) is 13.6. The number of nitrogens with one attached hydrogen (secondary N) is 2. The highest BCUT2D eigenvalue weighted by atomic mass is 35.5. The van der Waals surface area contributed by atoms with Crippen LogP contribution in [0, 0.1) is 11.3 Å². The molecule has 1 heterocycles. The van der Waals surface area contributed by atoms with Crippen LogP contribution in [-0.2, 0) is 38.2 Å². The van der Waals surface area contributed by atoms with Gasteiger partial charge < -0.3 is 29.2 Å². The normalized spacial score (nSPS) is 13.9. The van der Waals surface area contributed by atoms with Gasteiger partial charge in [-0.25, -0.2) is 10.0 Å². The Labute approximate surface area is 416 Å². The Balaban J connectivity index is 0.00000483. The minimum atomic E-state index is -2.53. The predicted octanol–water partition coefficient (Wildman–Crippen LogP) is 12.0. The van der Waals surface area contributed by atoms with Gasteiger partial charge in [0.2, 0.25) is 0 Å². The summed E-state index contributed by atoms with van der Waals surface area (Å²) in [7, 11) is 0.796. The molecule has 2 N–H and O–H groups in total. The van der Waals surface area contributed by atoms with E-state index < -0.39 is 20.4 Å². The summed E-state index contributed by atoms with van der Waals surface area (Å²) in [5.41, 5.74) is 3.92. The van der Waals surface area contributed by atoms with Crippen LogP contribution in [0.5, 0.6) is 23.0 Å². The summed E-state index contributed by atoms with van der Waals surface area (Å²) < 4.78 is 37.1. The first-order chi connectivity index (χ1) is 32.0. The number of aryl methyl sites for hydroxylation is 1. The molecule has 0 bridgehead atoms. The molecule has 360 valence electrons. The van der Waals surface area contributed by atoms with Crippen LogP contribution >= 0.6 is 46.4 Å². The second kappa shape index (κ2) is 24.9. The molecule has 5 aromatic rings. The molecule has 67 heavy (non-hydrogen) atoms. The van der Waals surface area contributed by atoms with Gasteiger partial charge in [-0.15, -0.1) is 23.2 Å². The van der Waals surface area contributed by atoms with Gasteiger partial charge in [0.25, 0.3) is 0 Å². The number of aromatic amines is 1. The van der Waals surface area contributed by atoms with Crippen LogP contribution in [0.4, 0.5) is 5.82 Å². The summed E-state index contributed by atoms with van der Waals surface area (Å²) in [4.78, 5) is 12.8. The number of allylic oxidation sites excluding steroid dienone is 1. The molecule has 0 spiro atoms. The fraction of sp³-hybridized carbons (Fsp3) is 0.353. The van der Waals surface area contributed by atoms with Crippen molar-refractivity contribution >= 4 is 67.6 Å². The molecule has 3 unspecified atom stereocenters. The minimum Gasteiger partial charge on any atom is -0.491 e. The lowest BCUT2D eigenvalue weighted by molar-refractivity contribution is 0.180. The van der Waals surface area contributed by atoms with E-state index in [-0.39, 0.29) is 38.2 Å². The van der Waals surface area contributed by atoms with Crippen molar-refractivity contribution in [3.63, 3.8) is 0 Å². The number of ether oxygens (including phenoxy) is 4. The molecule has 3 atom stereocenters. The number of halogens is 4. The van der Waals surface area contributed by atoms with Gasteiger partial charge in [0, 0.05) is 39.4 Å². The topological polar surface area (TPSA) is 131 Å². The Morgan fingerprint density at radius 3 is 1.88 bits per heavy atom. The summed E-state index contributed by atoms with van der Waals surface area (Å²) in [6, 6.07) is 25.8.